The van der Waals surface area contributed by atoms with Gasteiger partial charge in [0.25, 0.3) is 0 Å². The Morgan fingerprint density at radius 1 is 0.458 bits per heavy atom. The van der Waals surface area contributed by atoms with Crippen LogP contribution in [0.25, 0.3) is 0 Å². The molecule has 1 atom stereocenters. The Hall–Kier alpha value is -4.82. The van der Waals surface area contributed by atoms with Crippen LogP contribution >= 0.6 is 0 Å². The van der Waals surface area contributed by atoms with Crippen molar-refractivity contribution in [1.82, 2.24) is 0 Å². The molecular formula is C46H50N2. The summed E-state index contributed by atoms with van der Waals surface area (Å²) in [7, 11) is 0. The zero-order valence-electron chi connectivity index (χ0n) is 30.0. The van der Waals surface area contributed by atoms with E-state index in [-0.39, 0.29) is 10.8 Å². The average Bonchev–Trinajstić information content (AvgIpc) is 3.07. The van der Waals surface area contributed by atoms with Crippen LogP contribution in [0.1, 0.15) is 81.7 Å². The maximum atomic E-state index is 2.39. The minimum atomic E-state index is 0.116. The van der Waals surface area contributed by atoms with Crippen molar-refractivity contribution in [3.05, 3.63) is 173 Å². The largest absolute Gasteiger partial charge is 0.311 e. The van der Waals surface area contributed by atoms with Gasteiger partial charge in [-0.25, -0.2) is 0 Å². The van der Waals surface area contributed by atoms with Gasteiger partial charge >= 0.3 is 0 Å². The second kappa shape index (κ2) is 13.4. The zero-order chi connectivity index (χ0) is 34.1. The van der Waals surface area contributed by atoms with Gasteiger partial charge in [-0.3, -0.25) is 0 Å². The van der Waals surface area contributed by atoms with E-state index in [2.05, 4.69) is 205 Å². The Morgan fingerprint density at radius 3 is 1.17 bits per heavy atom. The molecule has 0 N–H and O–H groups in total. The molecule has 5 aromatic carbocycles. The van der Waals surface area contributed by atoms with Crippen LogP contribution in [0.15, 0.2) is 145 Å². The third-order valence-electron chi connectivity index (χ3n) is 9.49. The van der Waals surface area contributed by atoms with Crippen molar-refractivity contribution >= 4 is 28.4 Å². The Morgan fingerprint density at radius 2 is 0.812 bits per heavy atom. The molecule has 0 spiro atoms. The summed E-state index contributed by atoms with van der Waals surface area (Å²) in [6.07, 6.45) is 8.02. The minimum Gasteiger partial charge on any atom is -0.311 e. The first-order chi connectivity index (χ1) is 22.9. The van der Waals surface area contributed by atoms with E-state index in [0.717, 1.165) is 23.5 Å². The van der Waals surface area contributed by atoms with E-state index in [1.54, 1.807) is 0 Å². The summed E-state index contributed by atoms with van der Waals surface area (Å²) < 4.78 is 0. The van der Waals surface area contributed by atoms with E-state index >= 15 is 0 Å². The number of hydrogen-bond donors (Lipinski definition) is 0. The van der Waals surface area contributed by atoms with Crippen LogP contribution in [0.5, 0.6) is 0 Å². The third-order valence-corrected chi connectivity index (χ3v) is 9.49. The lowest BCUT2D eigenvalue weighted by molar-refractivity contribution is 0.590. The van der Waals surface area contributed by atoms with Crippen molar-refractivity contribution in [3.63, 3.8) is 0 Å². The van der Waals surface area contributed by atoms with E-state index in [1.165, 1.54) is 44.9 Å². The third kappa shape index (κ3) is 7.34. The van der Waals surface area contributed by atoms with Crippen molar-refractivity contribution in [1.29, 1.82) is 0 Å². The van der Waals surface area contributed by atoms with Gasteiger partial charge in [0.05, 0.1) is 0 Å². The first kappa shape index (κ1) is 33.1. The molecule has 1 unspecified atom stereocenters. The van der Waals surface area contributed by atoms with Crippen LogP contribution in [-0.4, -0.2) is 0 Å². The lowest BCUT2D eigenvalue weighted by atomic mass is 9.87. The van der Waals surface area contributed by atoms with Gasteiger partial charge in [0.15, 0.2) is 0 Å². The van der Waals surface area contributed by atoms with E-state index in [9.17, 15) is 0 Å². The number of nitrogens with zero attached hydrogens (tertiary/aromatic N) is 2. The van der Waals surface area contributed by atoms with Crippen molar-refractivity contribution in [3.8, 4) is 0 Å². The van der Waals surface area contributed by atoms with E-state index in [4.69, 9.17) is 0 Å². The first-order valence-electron chi connectivity index (χ1n) is 17.3. The summed E-state index contributed by atoms with van der Waals surface area (Å²) in [6.45, 7) is 17.9. The smallest absolute Gasteiger partial charge is 0.0461 e. The second-order valence-electron chi connectivity index (χ2n) is 15.4. The highest BCUT2D eigenvalue weighted by atomic mass is 15.1. The van der Waals surface area contributed by atoms with Gasteiger partial charge in [-0.05, 0) is 115 Å². The SMILES string of the molecule is Cc1ccc(N(C2=CCC(c3ccc(N(c4ccc(C)cc4)c4ccc(C(C)(C)C)cc4)cc3)C=C2)c2ccc(C(C)(C)C)cc2)cc1. The maximum Gasteiger partial charge on any atom is 0.0461 e. The monoisotopic (exact) mass is 630 g/mol. The highest BCUT2D eigenvalue weighted by molar-refractivity contribution is 5.77. The quantitative estimate of drug-likeness (QED) is 0.176. The molecule has 0 bridgehead atoms. The standard InChI is InChI=1S/C46H50N2/c1-33-9-21-39(22-10-33)47(43-29-17-37(18-30-43)45(3,4)5)41-25-13-35(14-26-41)36-15-27-42(28-16-36)48(40-23-11-34(2)12-24-40)44-31-19-38(20-32-44)46(6,7)8/h9-15,17-32,36H,16H2,1-8H3. The predicted molar refractivity (Wildman–Crippen MR) is 208 cm³/mol. The fraction of sp³-hybridized carbons (Fsp3) is 0.261. The van der Waals surface area contributed by atoms with Crippen LogP contribution in [-0.2, 0) is 10.8 Å². The Bertz CT molecular complexity index is 1880. The number of hydrogen-bond acceptors (Lipinski definition) is 2. The van der Waals surface area contributed by atoms with Gasteiger partial charge in [0.2, 0.25) is 0 Å². The molecule has 6 rings (SSSR count). The zero-order valence-corrected chi connectivity index (χ0v) is 30.0. The van der Waals surface area contributed by atoms with Crippen LogP contribution in [0.2, 0.25) is 0 Å². The predicted octanol–water partition coefficient (Wildman–Crippen LogP) is 13.1. The van der Waals surface area contributed by atoms with E-state index in [0.29, 0.717) is 5.92 Å². The van der Waals surface area contributed by atoms with Crippen LogP contribution in [0, 0.1) is 13.8 Å². The highest BCUT2D eigenvalue weighted by Gasteiger charge is 2.21. The molecule has 1 aliphatic rings. The summed E-state index contributed by atoms with van der Waals surface area (Å²) in [5.41, 5.74) is 13.8. The van der Waals surface area contributed by atoms with Crippen molar-refractivity contribution < 1.29 is 0 Å². The Labute approximate surface area is 289 Å². The average molecular weight is 631 g/mol. The Balaban J connectivity index is 1.26. The fourth-order valence-electron chi connectivity index (χ4n) is 6.40. The molecular weight excluding hydrogens is 581 g/mol. The minimum absolute atomic E-state index is 0.116. The van der Waals surface area contributed by atoms with Gasteiger partial charge in [-0.2, -0.15) is 0 Å². The molecule has 2 heteroatoms. The molecule has 0 heterocycles. The van der Waals surface area contributed by atoms with Crippen molar-refractivity contribution in [2.75, 3.05) is 9.80 Å². The molecule has 0 saturated carbocycles. The number of allylic oxidation sites excluding steroid dienone is 3. The summed E-state index contributed by atoms with van der Waals surface area (Å²) in [5.74, 6) is 0.324. The molecule has 0 radical (unpaired) electrons. The first-order valence-corrected chi connectivity index (χ1v) is 17.3. The summed E-state index contributed by atoms with van der Waals surface area (Å²) >= 11 is 0. The molecule has 48 heavy (non-hydrogen) atoms. The number of anilines is 5. The normalized spacial score (nSPS) is 14.8. The van der Waals surface area contributed by atoms with Crippen LogP contribution < -0.4 is 9.80 Å². The second-order valence-corrected chi connectivity index (χ2v) is 15.4. The van der Waals surface area contributed by atoms with Crippen molar-refractivity contribution in [2.24, 2.45) is 0 Å². The topological polar surface area (TPSA) is 6.48 Å². The number of benzene rings is 5. The van der Waals surface area contributed by atoms with E-state index < -0.39 is 0 Å². The van der Waals surface area contributed by atoms with Crippen LogP contribution in [0.4, 0.5) is 28.4 Å². The number of rotatable bonds is 7. The molecule has 2 nitrogen and oxygen atoms in total. The molecule has 0 aromatic heterocycles. The van der Waals surface area contributed by atoms with Gasteiger partial charge < -0.3 is 9.80 Å². The van der Waals surface area contributed by atoms with Gasteiger partial charge in [-0.1, -0.05) is 125 Å². The van der Waals surface area contributed by atoms with Crippen molar-refractivity contribution in [2.45, 2.75) is 78.6 Å². The molecule has 1 aliphatic carbocycles. The van der Waals surface area contributed by atoms with E-state index in [1.807, 2.05) is 0 Å². The lowest BCUT2D eigenvalue weighted by Gasteiger charge is -2.30. The molecule has 0 amide bonds. The fourth-order valence-corrected chi connectivity index (χ4v) is 6.40. The van der Waals surface area contributed by atoms with Crippen LogP contribution in [0.3, 0.4) is 0 Å². The summed E-state index contributed by atoms with van der Waals surface area (Å²) in [6, 6.07) is 44.9. The summed E-state index contributed by atoms with van der Waals surface area (Å²) in [5, 5.41) is 0. The molecule has 5 aromatic rings. The molecule has 0 fully saturated rings. The Kier molecular flexibility index (Phi) is 9.21. The lowest BCUT2D eigenvalue weighted by Crippen LogP contribution is -2.18. The maximum absolute atomic E-state index is 2.39. The van der Waals surface area contributed by atoms with Gasteiger partial charge in [-0.15, -0.1) is 0 Å². The molecule has 0 aliphatic heterocycles. The summed E-state index contributed by atoms with van der Waals surface area (Å²) in [4.78, 5) is 4.74. The van der Waals surface area contributed by atoms with Gasteiger partial charge in [0, 0.05) is 40.1 Å². The number of aryl methyl sites for hydroxylation is 2. The highest BCUT2D eigenvalue weighted by Crippen LogP contribution is 2.39. The van der Waals surface area contributed by atoms with Gasteiger partial charge in [0.1, 0.15) is 0 Å². The molecule has 244 valence electrons. The molecule has 0 saturated heterocycles.